The van der Waals surface area contributed by atoms with E-state index >= 15 is 0 Å². The van der Waals surface area contributed by atoms with Crippen molar-refractivity contribution in [2.75, 3.05) is 11.4 Å². The van der Waals surface area contributed by atoms with Crippen LogP contribution in [0.2, 0.25) is 0 Å². The molecule has 0 aromatic carbocycles. The topological polar surface area (TPSA) is 91.3 Å². The van der Waals surface area contributed by atoms with Crippen LogP contribution >= 0.6 is 0 Å². The summed E-state index contributed by atoms with van der Waals surface area (Å²) in [5, 5.41) is 21.5. The lowest BCUT2D eigenvalue weighted by atomic mass is 10.0. The van der Waals surface area contributed by atoms with Gasteiger partial charge in [0.05, 0.1) is 5.56 Å². The van der Waals surface area contributed by atoms with Gasteiger partial charge in [-0.1, -0.05) is 0 Å². The first-order valence-electron chi connectivity index (χ1n) is 7.25. The van der Waals surface area contributed by atoms with Gasteiger partial charge in [0.25, 0.3) is 5.82 Å². The van der Waals surface area contributed by atoms with Gasteiger partial charge in [0.2, 0.25) is 0 Å². The number of anilines is 1. The Hall–Kier alpha value is -2.62. The average molecular weight is 300 g/mol. The van der Waals surface area contributed by atoms with Gasteiger partial charge < -0.3 is 5.21 Å². The van der Waals surface area contributed by atoms with Crippen molar-refractivity contribution in [3.63, 3.8) is 0 Å². The van der Waals surface area contributed by atoms with E-state index in [0.29, 0.717) is 23.3 Å². The summed E-state index contributed by atoms with van der Waals surface area (Å²) >= 11 is 0. The van der Waals surface area contributed by atoms with Crippen LogP contribution in [0, 0.1) is 30.4 Å². The summed E-state index contributed by atoms with van der Waals surface area (Å²) in [6, 6.07) is 2.59. The molecular weight excluding hydrogens is 284 g/mol. The highest BCUT2D eigenvalue weighted by atomic mass is 16.5. The number of hydrogen-bond acceptors (Lipinski definition) is 4. The molecule has 22 heavy (non-hydrogen) atoms. The zero-order chi connectivity index (χ0) is 16.0. The molecule has 1 aromatic heterocycles. The number of carbonyl (C=O) groups excluding carboxylic acids is 2. The number of urea groups is 1. The van der Waals surface area contributed by atoms with E-state index in [2.05, 4.69) is 0 Å². The van der Waals surface area contributed by atoms with E-state index in [9.17, 15) is 14.8 Å². The van der Waals surface area contributed by atoms with Crippen LogP contribution in [-0.2, 0) is 4.79 Å². The smallest absolute Gasteiger partial charge is 0.419 e. The molecule has 114 valence electrons. The van der Waals surface area contributed by atoms with Crippen molar-refractivity contribution in [3.8, 4) is 6.07 Å². The molecule has 0 aliphatic carbocycles. The zero-order valence-electron chi connectivity index (χ0n) is 12.5. The molecule has 3 rings (SSSR count). The highest BCUT2D eigenvalue weighted by Crippen LogP contribution is 2.31. The molecule has 0 N–H and O–H groups in total. The molecule has 2 fully saturated rings. The van der Waals surface area contributed by atoms with Gasteiger partial charge in [-0.05, 0) is 39.2 Å². The molecule has 1 unspecified atom stereocenters. The maximum absolute atomic E-state index is 12.6. The van der Waals surface area contributed by atoms with E-state index in [-0.39, 0.29) is 23.0 Å². The number of fused-ring (bicyclic) bond motifs is 1. The van der Waals surface area contributed by atoms with E-state index in [1.54, 1.807) is 11.8 Å². The third-order valence-corrected chi connectivity index (χ3v) is 4.38. The van der Waals surface area contributed by atoms with Gasteiger partial charge >= 0.3 is 11.9 Å². The molecule has 1 atom stereocenters. The summed E-state index contributed by atoms with van der Waals surface area (Å²) in [6.07, 6.45) is 2.40. The number of aryl methyl sites for hydroxylation is 1. The van der Waals surface area contributed by atoms with Gasteiger partial charge in [-0.25, -0.2) is 14.3 Å². The second-order valence-corrected chi connectivity index (χ2v) is 5.72. The van der Waals surface area contributed by atoms with Crippen LogP contribution in [0.4, 0.5) is 10.6 Å². The molecule has 2 saturated heterocycles. The Balaban J connectivity index is 2.12. The quantitative estimate of drug-likeness (QED) is 0.441. The van der Waals surface area contributed by atoms with Gasteiger partial charge in [-0.3, -0.25) is 4.90 Å². The van der Waals surface area contributed by atoms with Crippen LogP contribution < -0.4 is 9.63 Å². The summed E-state index contributed by atoms with van der Waals surface area (Å²) in [6.45, 7) is 3.67. The molecule has 2 aliphatic rings. The molecule has 1 aromatic rings. The highest BCUT2D eigenvalue weighted by Gasteiger charge is 2.53. The number of aromatic nitrogens is 1. The van der Waals surface area contributed by atoms with Crippen LogP contribution in [0.3, 0.4) is 0 Å². The third kappa shape index (κ3) is 1.84. The maximum Gasteiger partial charge on any atom is 0.419 e. The van der Waals surface area contributed by atoms with E-state index in [1.165, 1.54) is 13.0 Å². The van der Waals surface area contributed by atoms with Crippen molar-refractivity contribution in [1.29, 1.82) is 5.26 Å². The van der Waals surface area contributed by atoms with Gasteiger partial charge in [0.1, 0.15) is 17.8 Å². The third-order valence-electron chi connectivity index (χ3n) is 4.38. The molecule has 0 bridgehead atoms. The minimum Gasteiger partial charge on any atom is -0.710 e. The van der Waals surface area contributed by atoms with E-state index in [0.717, 1.165) is 17.7 Å². The fraction of sp³-hybridized carbons (Fsp3) is 0.467. The standard InChI is InChI=1S/C15H16N4O3/c1-9-7-11(8-16)10(2)19(22)13(9)18-14(20)12-5-3-4-6-17(12)15(18)21/h7,12H,3-6H2,1-2H3. The maximum atomic E-state index is 12.6. The van der Waals surface area contributed by atoms with Crippen molar-refractivity contribution in [2.45, 2.75) is 39.2 Å². The molecule has 0 spiro atoms. The number of piperidine rings is 1. The largest absolute Gasteiger partial charge is 0.710 e. The predicted octanol–water partition coefficient (Wildman–Crippen LogP) is 1.13. The summed E-state index contributed by atoms with van der Waals surface area (Å²) < 4.78 is 0.516. The molecular formula is C15H16N4O3. The summed E-state index contributed by atoms with van der Waals surface area (Å²) in [7, 11) is 0. The van der Waals surface area contributed by atoms with Gasteiger partial charge in [0, 0.05) is 12.1 Å². The second kappa shape index (κ2) is 4.98. The first-order chi connectivity index (χ1) is 10.5. The SMILES string of the molecule is Cc1cc(C#N)c(C)[n+]([O-])c1N1C(=O)C2CCCCN2C1=O. The Labute approximate surface area is 127 Å². The molecule has 2 aliphatic heterocycles. The number of nitriles is 1. The molecule has 0 saturated carbocycles. The second-order valence-electron chi connectivity index (χ2n) is 5.72. The van der Waals surface area contributed by atoms with E-state index in [4.69, 9.17) is 5.26 Å². The number of nitrogens with zero attached hydrogens (tertiary/aromatic N) is 4. The molecule has 0 radical (unpaired) electrons. The lowest BCUT2D eigenvalue weighted by Crippen LogP contribution is -2.45. The lowest BCUT2D eigenvalue weighted by molar-refractivity contribution is -0.598. The lowest BCUT2D eigenvalue weighted by Gasteiger charge is -2.23. The first-order valence-corrected chi connectivity index (χ1v) is 7.25. The van der Waals surface area contributed by atoms with E-state index < -0.39 is 12.1 Å². The van der Waals surface area contributed by atoms with Crippen LogP contribution in [-0.4, -0.2) is 29.4 Å². The van der Waals surface area contributed by atoms with Crippen LogP contribution in [0.5, 0.6) is 0 Å². The fourth-order valence-corrected chi connectivity index (χ4v) is 3.18. The fourth-order valence-electron chi connectivity index (χ4n) is 3.18. The Morgan fingerprint density at radius 3 is 2.73 bits per heavy atom. The van der Waals surface area contributed by atoms with Crippen LogP contribution in [0.15, 0.2) is 6.07 Å². The summed E-state index contributed by atoms with van der Waals surface area (Å²) in [4.78, 5) is 27.6. The predicted molar refractivity (Wildman–Crippen MR) is 76.8 cm³/mol. The normalized spacial score (nSPS) is 21.0. The summed E-state index contributed by atoms with van der Waals surface area (Å²) in [5.74, 6) is -0.331. The number of pyridine rings is 1. The zero-order valence-corrected chi connectivity index (χ0v) is 12.5. The molecule has 7 heteroatoms. The monoisotopic (exact) mass is 300 g/mol. The van der Waals surface area contributed by atoms with Crippen LogP contribution in [0.25, 0.3) is 0 Å². The summed E-state index contributed by atoms with van der Waals surface area (Å²) in [5.41, 5.74) is 0.875. The van der Waals surface area contributed by atoms with Gasteiger partial charge in [0.15, 0.2) is 0 Å². The van der Waals surface area contributed by atoms with Crippen LogP contribution in [0.1, 0.15) is 36.1 Å². The number of imide groups is 1. The number of hydrogen-bond donors (Lipinski definition) is 0. The Morgan fingerprint density at radius 2 is 2.09 bits per heavy atom. The van der Waals surface area contributed by atoms with E-state index in [1.807, 2.05) is 6.07 Å². The van der Waals surface area contributed by atoms with Crippen molar-refractivity contribution in [1.82, 2.24) is 4.90 Å². The first kappa shape index (κ1) is 14.3. The van der Waals surface area contributed by atoms with Crippen molar-refractivity contribution in [2.24, 2.45) is 0 Å². The Kier molecular flexibility index (Phi) is 3.24. The van der Waals surface area contributed by atoms with Crippen molar-refractivity contribution >= 4 is 17.8 Å². The van der Waals surface area contributed by atoms with Gasteiger partial charge in [-0.15, -0.1) is 4.90 Å². The van der Waals surface area contributed by atoms with Crippen molar-refractivity contribution < 1.29 is 14.3 Å². The average Bonchev–Trinajstić information content (AvgIpc) is 2.77. The molecule has 7 nitrogen and oxygen atoms in total. The molecule has 3 amide bonds. The highest BCUT2D eigenvalue weighted by molar-refractivity contribution is 6.20. The number of rotatable bonds is 1. The Bertz CT molecular complexity index is 698. The number of carbonyl (C=O) groups is 2. The molecule has 3 heterocycles. The minimum absolute atomic E-state index is 0.0147. The minimum atomic E-state index is -0.461. The number of amides is 3. The van der Waals surface area contributed by atoms with Crippen molar-refractivity contribution in [3.05, 3.63) is 28.1 Å². The Morgan fingerprint density at radius 1 is 1.36 bits per heavy atom. The van der Waals surface area contributed by atoms with Gasteiger partial charge in [-0.2, -0.15) is 5.26 Å².